The molecule has 0 atom stereocenters. The van der Waals surface area contributed by atoms with Crippen LogP contribution in [0.15, 0.2) is 30.6 Å². The Morgan fingerprint density at radius 1 is 0.750 bits per heavy atom. The first kappa shape index (κ1) is 25.4. The van der Waals surface area contributed by atoms with Crippen molar-refractivity contribution in [2.75, 3.05) is 42.7 Å². The van der Waals surface area contributed by atoms with Gasteiger partial charge in [0.15, 0.2) is 0 Å². The van der Waals surface area contributed by atoms with E-state index in [1.54, 1.807) is 6.33 Å². The van der Waals surface area contributed by atoms with Crippen molar-refractivity contribution in [1.29, 1.82) is 0 Å². The molecule has 1 aromatic carbocycles. The molecule has 0 aliphatic rings. The van der Waals surface area contributed by atoms with Crippen LogP contribution in [0.3, 0.4) is 0 Å². The maximum atomic E-state index is 4.60. The van der Waals surface area contributed by atoms with Gasteiger partial charge in [-0.05, 0) is 11.0 Å². The molecule has 0 N–H and O–H groups in total. The zero-order valence-electron chi connectivity index (χ0n) is 15.4. The summed E-state index contributed by atoms with van der Waals surface area (Å²) >= 11 is 0. The predicted molar refractivity (Wildman–Crippen MR) is 88.6 cm³/mol. The summed E-state index contributed by atoms with van der Waals surface area (Å²) in [5.41, 5.74) is 1.94. The van der Waals surface area contributed by atoms with E-state index in [-0.39, 0.29) is 18.9 Å². The Labute approximate surface area is 156 Å². The van der Waals surface area contributed by atoms with Crippen molar-refractivity contribution in [3.8, 4) is 0 Å². The van der Waals surface area contributed by atoms with Crippen molar-refractivity contribution in [3.63, 3.8) is 0 Å². The van der Waals surface area contributed by atoms with Crippen LogP contribution < -0.4 is 23.8 Å². The van der Waals surface area contributed by atoms with E-state index in [2.05, 4.69) is 37.9 Å². The Morgan fingerprint density at radius 2 is 1.17 bits per heavy atom. The first-order valence-corrected chi connectivity index (χ1v) is 6.65. The molecule has 0 bridgehead atoms. The summed E-state index contributed by atoms with van der Waals surface area (Å²) in [7, 11) is 8.04. The molecule has 0 aliphatic carbocycles. The van der Waals surface area contributed by atoms with Crippen molar-refractivity contribution in [2.24, 2.45) is 0 Å². The molecule has 8 nitrogen and oxygen atoms in total. The van der Waals surface area contributed by atoms with Crippen molar-refractivity contribution in [2.45, 2.75) is 0 Å². The fourth-order valence-corrected chi connectivity index (χ4v) is 1.41. The molecule has 2 rings (SSSR count). The number of hydrogen-bond donors (Lipinski definition) is 0. The monoisotopic (exact) mass is 332 g/mol. The third-order valence-electron chi connectivity index (χ3n) is 2.43. The van der Waals surface area contributed by atoms with E-state index in [0.29, 0.717) is 0 Å². The second-order valence-corrected chi connectivity index (χ2v) is 3.85. The van der Waals surface area contributed by atoms with Gasteiger partial charge in [-0.2, -0.15) is 0 Å². The SMILES string of the molecule is COB(OC)OC.COB(OC)OC.[Li+].c1ccc2[n-]cnc2c1. The number of rotatable bonds is 6. The summed E-state index contributed by atoms with van der Waals surface area (Å²) in [6.07, 6.45) is 1.57. The minimum Gasteiger partial charge on any atom is -0.443 e. The molecule has 0 saturated heterocycles. The van der Waals surface area contributed by atoms with E-state index >= 15 is 0 Å². The van der Waals surface area contributed by atoms with Crippen LogP contribution in [0.4, 0.5) is 0 Å². The Kier molecular flexibility index (Phi) is 18.0. The van der Waals surface area contributed by atoms with E-state index in [1.165, 1.54) is 42.7 Å². The fourth-order valence-electron chi connectivity index (χ4n) is 1.41. The first-order chi connectivity index (χ1) is 11.2. The largest absolute Gasteiger partial charge is 1.00 e. The molecule has 2 aromatic rings. The minimum absolute atomic E-state index is 0. The average Bonchev–Trinajstić information content (AvgIpc) is 3.08. The smallest absolute Gasteiger partial charge is 0.443 e. The number of imidazole rings is 1. The van der Waals surface area contributed by atoms with Gasteiger partial charge in [0.1, 0.15) is 0 Å². The molecular weight excluding hydrogens is 309 g/mol. The van der Waals surface area contributed by atoms with Crippen LogP contribution in [0.2, 0.25) is 0 Å². The van der Waals surface area contributed by atoms with Crippen molar-refractivity contribution < 1.29 is 46.8 Å². The number of benzene rings is 1. The molecule has 11 heteroatoms. The van der Waals surface area contributed by atoms with Gasteiger partial charge < -0.3 is 37.9 Å². The Balaban J connectivity index is 0. The van der Waals surface area contributed by atoms with Crippen LogP contribution in [0.5, 0.6) is 0 Å². The zero-order valence-corrected chi connectivity index (χ0v) is 15.4. The Bertz CT molecular complexity index is 447. The number of para-hydroxylation sites is 2. The Morgan fingerprint density at radius 3 is 1.50 bits per heavy atom. The molecule has 0 spiro atoms. The third kappa shape index (κ3) is 10.9. The van der Waals surface area contributed by atoms with E-state index in [0.717, 1.165) is 11.0 Å². The van der Waals surface area contributed by atoms with Gasteiger partial charge in [-0.15, -0.1) is 0 Å². The molecule has 0 unspecified atom stereocenters. The average molecular weight is 332 g/mol. The van der Waals surface area contributed by atoms with Crippen LogP contribution in [0, 0.1) is 0 Å². The van der Waals surface area contributed by atoms with E-state index < -0.39 is 14.6 Å². The number of aromatic nitrogens is 2. The van der Waals surface area contributed by atoms with Gasteiger partial charge >= 0.3 is 33.5 Å². The van der Waals surface area contributed by atoms with Crippen LogP contribution in [-0.2, 0) is 27.9 Å². The standard InChI is InChI=1S/C7H5N2.2C3H9BO3.Li/c1-2-4-7-6(3-1)8-5-9-7;2*1-5-4(6-2)7-3;/h1-5H;2*1-3H3;/q-1;;;+1. The van der Waals surface area contributed by atoms with Gasteiger partial charge in [-0.1, -0.05) is 30.6 Å². The topological polar surface area (TPSA) is 82.4 Å². The van der Waals surface area contributed by atoms with Crippen LogP contribution >= 0.6 is 0 Å². The molecule has 0 fully saturated rings. The first-order valence-electron chi connectivity index (χ1n) is 6.65. The predicted octanol–water partition coefficient (Wildman–Crippen LogP) is -1.98. The Hall–Kier alpha value is -0.823. The van der Waals surface area contributed by atoms with Gasteiger partial charge in [0, 0.05) is 42.7 Å². The molecule has 0 saturated carbocycles. The summed E-state index contributed by atoms with van der Waals surface area (Å²) in [5.74, 6) is 0. The van der Waals surface area contributed by atoms with Gasteiger partial charge in [-0.25, -0.2) is 0 Å². The van der Waals surface area contributed by atoms with Crippen molar-refractivity contribution in [3.05, 3.63) is 30.6 Å². The second kappa shape index (κ2) is 17.0. The normalized spacial score (nSPS) is 9.08. The third-order valence-corrected chi connectivity index (χ3v) is 2.43. The molecule has 0 amide bonds. The van der Waals surface area contributed by atoms with Crippen molar-refractivity contribution >= 4 is 25.7 Å². The van der Waals surface area contributed by atoms with Crippen LogP contribution in [-0.4, -0.2) is 62.3 Å². The number of hydrogen-bond acceptors (Lipinski definition) is 7. The molecule has 0 aliphatic heterocycles. The molecule has 1 heterocycles. The van der Waals surface area contributed by atoms with Crippen LogP contribution in [0.25, 0.3) is 11.0 Å². The van der Waals surface area contributed by atoms with Gasteiger partial charge in [-0.3, -0.25) is 0 Å². The van der Waals surface area contributed by atoms with E-state index in [1.807, 2.05) is 24.3 Å². The second-order valence-electron chi connectivity index (χ2n) is 3.85. The minimum atomic E-state index is -0.514. The van der Waals surface area contributed by atoms with E-state index in [9.17, 15) is 0 Å². The maximum absolute atomic E-state index is 4.60. The summed E-state index contributed by atoms with van der Waals surface area (Å²) in [4.78, 5) is 8.02. The number of nitrogens with zero attached hydrogens (tertiary/aromatic N) is 2. The maximum Gasteiger partial charge on any atom is 1.00 e. The van der Waals surface area contributed by atoms with Gasteiger partial charge in [0.05, 0.1) is 0 Å². The molecular formula is C13H23B2LiN2O6. The molecule has 128 valence electrons. The summed E-state index contributed by atoms with van der Waals surface area (Å²) in [6, 6.07) is 7.80. The molecule has 1 aromatic heterocycles. The van der Waals surface area contributed by atoms with Crippen LogP contribution in [0.1, 0.15) is 0 Å². The number of fused-ring (bicyclic) bond motifs is 1. The quantitative estimate of drug-likeness (QED) is 0.563. The summed E-state index contributed by atoms with van der Waals surface area (Å²) in [6.45, 7) is 0. The van der Waals surface area contributed by atoms with Gasteiger partial charge in [0.2, 0.25) is 0 Å². The van der Waals surface area contributed by atoms with E-state index in [4.69, 9.17) is 0 Å². The van der Waals surface area contributed by atoms with Crippen molar-refractivity contribution in [1.82, 2.24) is 9.97 Å². The van der Waals surface area contributed by atoms with Gasteiger partial charge in [0.25, 0.3) is 0 Å². The molecule has 24 heavy (non-hydrogen) atoms. The summed E-state index contributed by atoms with van der Waals surface area (Å²) in [5, 5.41) is 0. The fraction of sp³-hybridized carbons (Fsp3) is 0.462. The summed E-state index contributed by atoms with van der Waals surface area (Å²) < 4.78 is 27.6. The zero-order chi connectivity index (χ0) is 17.5. The molecule has 0 radical (unpaired) electrons.